The molecule has 0 spiro atoms. The summed E-state index contributed by atoms with van der Waals surface area (Å²) in [6, 6.07) is 0. The Morgan fingerprint density at radius 3 is 2.00 bits per heavy atom. The Bertz CT molecular complexity index is 95.2. The highest BCUT2D eigenvalue weighted by Gasteiger charge is 2.44. The molecule has 0 aromatic carbocycles. The lowest BCUT2D eigenvalue weighted by atomic mass is 10.0. The largest absolute Gasteiger partial charge is 0.390 e. The van der Waals surface area contributed by atoms with Gasteiger partial charge in [-0.3, -0.25) is 0 Å². The van der Waals surface area contributed by atoms with Crippen LogP contribution in [0.4, 0.5) is 0 Å². The first-order chi connectivity index (χ1) is 3.52. The minimum Gasteiger partial charge on any atom is -0.390 e. The summed E-state index contributed by atoms with van der Waals surface area (Å²) in [6.45, 7) is 3.72. The zero-order valence-electron chi connectivity index (χ0n) is 5.19. The van der Waals surface area contributed by atoms with Crippen LogP contribution in [0.3, 0.4) is 0 Å². The molecule has 0 unspecified atom stereocenters. The van der Waals surface area contributed by atoms with Crippen molar-refractivity contribution in [3.63, 3.8) is 0 Å². The van der Waals surface area contributed by atoms with Gasteiger partial charge in [0.15, 0.2) is 0 Å². The molecule has 1 nitrogen and oxygen atoms in total. The van der Waals surface area contributed by atoms with E-state index >= 15 is 0 Å². The van der Waals surface area contributed by atoms with Gasteiger partial charge in [-0.15, -0.1) is 0 Å². The Morgan fingerprint density at radius 1 is 1.62 bits per heavy atom. The van der Waals surface area contributed by atoms with Crippen molar-refractivity contribution in [2.75, 3.05) is 0 Å². The Hall–Kier alpha value is 0.440. The average molecular weight is 179 g/mol. The molecule has 0 amide bonds. The summed E-state index contributed by atoms with van der Waals surface area (Å²) in [6.07, 6.45) is 1.13. The number of hydrogen-bond donors (Lipinski definition) is 1. The van der Waals surface area contributed by atoms with Gasteiger partial charge in [-0.25, -0.2) is 0 Å². The van der Waals surface area contributed by atoms with Gasteiger partial charge in [-0.05, 0) is 20.3 Å². The van der Waals surface area contributed by atoms with Crippen LogP contribution < -0.4 is 0 Å². The fourth-order valence-corrected chi connectivity index (χ4v) is 1.94. The van der Waals surface area contributed by atoms with E-state index in [4.69, 9.17) is 0 Å². The molecule has 0 heterocycles. The number of aliphatic hydroxyl groups is 1. The normalized spacial score (nSPS) is 37.5. The van der Waals surface area contributed by atoms with E-state index in [-0.39, 0.29) is 0 Å². The van der Waals surface area contributed by atoms with Gasteiger partial charge >= 0.3 is 0 Å². The van der Waals surface area contributed by atoms with E-state index in [2.05, 4.69) is 15.9 Å². The second-order valence-electron chi connectivity index (χ2n) is 3.01. The first-order valence-electron chi connectivity index (χ1n) is 2.88. The Kier molecular flexibility index (Phi) is 1.40. The maximum atomic E-state index is 9.30. The summed E-state index contributed by atoms with van der Waals surface area (Å²) in [5.41, 5.74) is -0.464. The van der Waals surface area contributed by atoms with Gasteiger partial charge in [0.05, 0.1) is 5.60 Å². The molecule has 1 saturated carbocycles. The minimum atomic E-state index is -0.464. The summed E-state index contributed by atoms with van der Waals surface area (Å²) in [7, 11) is 0. The van der Waals surface area contributed by atoms with Crippen molar-refractivity contribution in [3.05, 3.63) is 0 Å². The molecule has 8 heavy (non-hydrogen) atoms. The first-order valence-corrected chi connectivity index (χ1v) is 3.80. The van der Waals surface area contributed by atoms with E-state index < -0.39 is 5.60 Å². The van der Waals surface area contributed by atoms with E-state index in [0.29, 0.717) is 10.7 Å². The molecule has 48 valence electrons. The third kappa shape index (κ3) is 1.23. The molecule has 1 aliphatic rings. The van der Waals surface area contributed by atoms with Crippen molar-refractivity contribution in [3.8, 4) is 0 Å². The van der Waals surface area contributed by atoms with E-state index in [0.717, 1.165) is 6.42 Å². The van der Waals surface area contributed by atoms with Gasteiger partial charge in [0, 0.05) is 10.7 Å². The van der Waals surface area contributed by atoms with Gasteiger partial charge in [0.1, 0.15) is 0 Å². The molecule has 1 N–H and O–H groups in total. The first kappa shape index (κ1) is 6.56. The van der Waals surface area contributed by atoms with E-state index in [1.807, 2.05) is 13.8 Å². The highest BCUT2D eigenvalue weighted by atomic mass is 79.9. The predicted octanol–water partition coefficient (Wildman–Crippen LogP) is 1.54. The number of halogens is 1. The van der Waals surface area contributed by atoms with Gasteiger partial charge in [-0.2, -0.15) is 0 Å². The molecular formula is C6H11BrO. The summed E-state index contributed by atoms with van der Waals surface area (Å²) in [4.78, 5) is 0.572. The van der Waals surface area contributed by atoms with Gasteiger partial charge in [0.2, 0.25) is 0 Å². The fraction of sp³-hybridized carbons (Fsp3) is 1.00. The smallest absolute Gasteiger partial charge is 0.0630 e. The van der Waals surface area contributed by atoms with E-state index in [9.17, 15) is 5.11 Å². The highest BCUT2D eigenvalue weighted by molar-refractivity contribution is 9.09. The lowest BCUT2D eigenvalue weighted by molar-refractivity contribution is 0.0577. The number of hydrogen-bond acceptors (Lipinski definition) is 1. The molecule has 2 atom stereocenters. The third-order valence-corrected chi connectivity index (χ3v) is 2.63. The molecule has 0 radical (unpaired) electrons. The minimum absolute atomic E-state index is 0.464. The van der Waals surface area contributed by atoms with Crippen LogP contribution in [0.15, 0.2) is 0 Å². The van der Waals surface area contributed by atoms with Crippen molar-refractivity contribution in [2.24, 2.45) is 5.92 Å². The summed E-state index contributed by atoms with van der Waals surface area (Å²) in [5.74, 6) is 0.488. The molecule has 0 aromatic rings. The molecule has 2 heteroatoms. The van der Waals surface area contributed by atoms with Gasteiger partial charge in [0.25, 0.3) is 0 Å². The highest BCUT2D eigenvalue weighted by Crippen LogP contribution is 2.45. The SMILES string of the molecule is CC(C)(O)[C@@H]1C[C@H]1Br. The average Bonchev–Trinajstić information content (AvgIpc) is 2.13. The van der Waals surface area contributed by atoms with Crippen LogP contribution in [0.2, 0.25) is 0 Å². The zero-order valence-corrected chi connectivity index (χ0v) is 6.77. The molecule has 0 bridgehead atoms. The van der Waals surface area contributed by atoms with Crippen LogP contribution in [0, 0.1) is 5.92 Å². The van der Waals surface area contributed by atoms with Crippen LogP contribution >= 0.6 is 15.9 Å². The second kappa shape index (κ2) is 1.71. The summed E-state index contributed by atoms with van der Waals surface area (Å²) < 4.78 is 0. The molecule has 1 fully saturated rings. The number of rotatable bonds is 1. The van der Waals surface area contributed by atoms with Crippen molar-refractivity contribution in [1.29, 1.82) is 0 Å². The fourth-order valence-electron chi connectivity index (χ4n) is 0.895. The molecule has 0 saturated heterocycles. The van der Waals surface area contributed by atoms with Crippen LogP contribution in [0.5, 0.6) is 0 Å². The van der Waals surface area contributed by atoms with Crippen LogP contribution in [0.1, 0.15) is 20.3 Å². The van der Waals surface area contributed by atoms with Gasteiger partial charge < -0.3 is 5.11 Å². The standard InChI is InChI=1S/C6H11BrO/c1-6(2,8)4-3-5(4)7/h4-5,8H,3H2,1-2H3/t4-,5-/m1/s1. The van der Waals surface area contributed by atoms with Crippen LogP contribution in [0.25, 0.3) is 0 Å². The van der Waals surface area contributed by atoms with Crippen LogP contribution in [-0.2, 0) is 0 Å². The quantitative estimate of drug-likeness (QED) is 0.605. The second-order valence-corrected chi connectivity index (χ2v) is 4.19. The lowest BCUT2D eigenvalue weighted by Gasteiger charge is -2.15. The number of alkyl halides is 1. The monoisotopic (exact) mass is 178 g/mol. The van der Waals surface area contributed by atoms with Crippen molar-refractivity contribution >= 4 is 15.9 Å². The molecule has 1 rings (SSSR count). The molecule has 0 aliphatic heterocycles. The predicted molar refractivity (Wildman–Crippen MR) is 37.1 cm³/mol. The molecule has 1 aliphatic carbocycles. The maximum absolute atomic E-state index is 9.30. The summed E-state index contributed by atoms with van der Waals surface area (Å²) in [5, 5.41) is 9.30. The molecule has 0 aromatic heterocycles. The third-order valence-electron chi connectivity index (χ3n) is 1.62. The van der Waals surface area contributed by atoms with Crippen LogP contribution in [-0.4, -0.2) is 15.5 Å². The Morgan fingerprint density at radius 2 is 2.00 bits per heavy atom. The Labute approximate surface area is 58.2 Å². The lowest BCUT2D eigenvalue weighted by Crippen LogP contribution is -2.22. The van der Waals surface area contributed by atoms with E-state index in [1.165, 1.54) is 0 Å². The van der Waals surface area contributed by atoms with Crippen molar-refractivity contribution in [1.82, 2.24) is 0 Å². The zero-order chi connectivity index (χ0) is 6.36. The Balaban J connectivity index is 2.39. The van der Waals surface area contributed by atoms with Crippen molar-refractivity contribution in [2.45, 2.75) is 30.7 Å². The topological polar surface area (TPSA) is 20.2 Å². The van der Waals surface area contributed by atoms with Crippen molar-refractivity contribution < 1.29 is 5.11 Å². The van der Waals surface area contributed by atoms with E-state index in [1.54, 1.807) is 0 Å². The molecular weight excluding hydrogens is 168 g/mol. The maximum Gasteiger partial charge on any atom is 0.0630 e. The summed E-state index contributed by atoms with van der Waals surface area (Å²) >= 11 is 3.42. The van der Waals surface area contributed by atoms with Gasteiger partial charge in [-0.1, -0.05) is 15.9 Å².